The first-order valence-electron chi connectivity index (χ1n) is 4.39. The topological polar surface area (TPSA) is 111 Å². The molecule has 6 nitrogen and oxygen atoms in total. The van der Waals surface area contributed by atoms with Gasteiger partial charge < -0.3 is 11.1 Å². The highest BCUT2D eigenvalue weighted by Crippen LogP contribution is 2.25. The maximum absolute atomic E-state index is 11.1. The minimum atomic E-state index is -3.65. The van der Waals surface area contributed by atoms with Gasteiger partial charge in [-0.25, -0.2) is 18.5 Å². The van der Waals surface area contributed by atoms with E-state index in [4.69, 9.17) is 10.9 Å². The predicted octanol–water partition coefficient (Wildman–Crippen LogP) is -0.140. The van der Waals surface area contributed by atoms with Crippen LogP contribution in [0.2, 0.25) is 0 Å². The molecule has 0 atom stereocenters. The molecule has 1 heterocycles. The van der Waals surface area contributed by atoms with Gasteiger partial charge in [0.25, 0.3) is 0 Å². The highest BCUT2D eigenvalue weighted by molar-refractivity contribution is 7.91. The van der Waals surface area contributed by atoms with E-state index in [1.807, 2.05) is 0 Å². The molecule has 86 valence electrons. The van der Waals surface area contributed by atoms with Gasteiger partial charge in [0.15, 0.2) is 9.34 Å². The van der Waals surface area contributed by atoms with Gasteiger partial charge in [-0.3, -0.25) is 0 Å². The van der Waals surface area contributed by atoms with E-state index < -0.39 is 10.0 Å². The van der Waals surface area contributed by atoms with Gasteiger partial charge in [0.1, 0.15) is 0 Å². The Morgan fingerprint density at radius 1 is 1.53 bits per heavy atom. The second-order valence-electron chi connectivity index (χ2n) is 3.01. The van der Waals surface area contributed by atoms with E-state index in [-0.39, 0.29) is 4.21 Å². The van der Waals surface area contributed by atoms with Gasteiger partial charge in [0, 0.05) is 6.54 Å². The summed E-state index contributed by atoms with van der Waals surface area (Å²) in [6.45, 7) is 2.87. The molecule has 1 rings (SSSR count). The summed E-state index contributed by atoms with van der Waals surface area (Å²) in [5.74, 6) is 0. The smallest absolute Gasteiger partial charge is 0.249 e. The van der Waals surface area contributed by atoms with Crippen LogP contribution in [0.25, 0.3) is 0 Å². The van der Waals surface area contributed by atoms with Crippen molar-refractivity contribution in [1.29, 1.82) is 0 Å². The van der Waals surface area contributed by atoms with Gasteiger partial charge in [-0.05, 0) is 19.9 Å². The van der Waals surface area contributed by atoms with Crippen molar-refractivity contribution in [3.8, 4) is 0 Å². The third-order valence-electron chi connectivity index (χ3n) is 1.67. The summed E-state index contributed by atoms with van der Waals surface area (Å²) >= 11 is 1.04. The summed E-state index contributed by atoms with van der Waals surface area (Å²) in [6, 6.07) is 0. The Morgan fingerprint density at radius 3 is 2.67 bits per heavy atom. The van der Waals surface area contributed by atoms with E-state index in [1.165, 1.54) is 0 Å². The van der Waals surface area contributed by atoms with E-state index in [9.17, 15) is 8.42 Å². The molecule has 0 saturated heterocycles. The van der Waals surface area contributed by atoms with Gasteiger partial charge in [0.2, 0.25) is 10.0 Å². The first-order valence-corrected chi connectivity index (χ1v) is 6.75. The third-order valence-corrected chi connectivity index (χ3v) is 4.34. The number of rotatable bonds is 5. The largest absolute Gasteiger partial charge is 0.361 e. The Hall–Kier alpha value is -0.700. The fourth-order valence-electron chi connectivity index (χ4n) is 1.02. The van der Waals surface area contributed by atoms with Crippen LogP contribution in [0.3, 0.4) is 0 Å². The lowest BCUT2D eigenvalue weighted by atomic mass is 10.4. The average molecular weight is 250 g/mol. The molecule has 0 aliphatic rings. The molecule has 0 amide bonds. The van der Waals surface area contributed by atoms with Gasteiger partial charge in [0.05, 0.1) is 5.69 Å². The number of nitrogens with two attached hydrogens (primary N) is 2. The van der Waals surface area contributed by atoms with Crippen molar-refractivity contribution >= 4 is 26.5 Å². The Kier molecular flexibility index (Phi) is 4.03. The molecule has 8 heteroatoms. The molecule has 0 unspecified atom stereocenters. The number of aromatic nitrogens is 1. The number of thiazole rings is 1. The molecule has 1 aromatic heterocycles. The van der Waals surface area contributed by atoms with Crippen LogP contribution < -0.4 is 16.2 Å². The monoisotopic (exact) mass is 250 g/mol. The molecular formula is C7H14N4O2S2. The van der Waals surface area contributed by atoms with Crippen molar-refractivity contribution < 1.29 is 8.42 Å². The number of primary sulfonamides is 1. The molecule has 0 radical (unpaired) electrons. The Morgan fingerprint density at radius 2 is 2.20 bits per heavy atom. The van der Waals surface area contributed by atoms with Crippen LogP contribution in [-0.4, -0.2) is 26.5 Å². The summed E-state index contributed by atoms with van der Waals surface area (Å²) in [5, 5.41) is 8.57. The predicted molar refractivity (Wildman–Crippen MR) is 60.4 cm³/mol. The lowest BCUT2D eigenvalue weighted by Gasteiger charge is -1.98. The summed E-state index contributed by atoms with van der Waals surface area (Å²) in [4.78, 5) is 4.06. The van der Waals surface area contributed by atoms with Crippen molar-refractivity contribution in [2.45, 2.75) is 17.6 Å². The SMILES string of the molecule is Cc1nc(NCCCN)sc1S(N)(=O)=O. The molecule has 15 heavy (non-hydrogen) atoms. The number of hydrogen-bond donors (Lipinski definition) is 3. The lowest BCUT2D eigenvalue weighted by molar-refractivity contribution is 0.599. The third kappa shape index (κ3) is 3.42. The maximum atomic E-state index is 11.1. The fraction of sp³-hybridized carbons (Fsp3) is 0.571. The molecular weight excluding hydrogens is 236 g/mol. The van der Waals surface area contributed by atoms with Crippen molar-refractivity contribution in [2.75, 3.05) is 18.4 Å². The molecule has 0 bridgehead atoms. The van der Waals surface area contributed by atoms with Crippen LogP contribution in [0.5, 0.6) is 0 Å². The summed E-state index contributed by atoms with van der Waals surface area (Å²) in [5.41, 5.74) is 5.75. The van der Waals surface area contributed by atoms with E-state index >= 15 is 0 Å². The second-order valence-corrected chi connectivity index (χ2v) is 5.76. The van der Waals surface area contributed by atoms with Crippen LogP contribution >= 0.6 is 11.3 Å². The minimum Gasteiger partial charge on any atom is -0.361 e. The van der Waals surface area contributed by atoms with Crippen molar-refractivity contribution in [2.24, 2.45) is 10.9 Å². The van der Waals surface area contributed by atoms with Crippen molar-refractivity contribution in [1.82, 2.24) is 4.98 Å². The molecule has 0 spiro atoms. The average Bonchev–Trinajstić information content (AvgIpc) is 2.47. The van der Waals surface area contributed by atoms with Crippen molar-refractivity contribution in [3.05, 3.63) is 5.69 Å². The van der Waals surface area contributed by atoms with Crippen LogP contribution in [0, 0.1) is 6.92 Å². The summed E-state index contributed by atoms with van der Waals surface area (Å²) < 4.78 is 22.3. The number of nitrogens with zero attached hydrogens (tertiary/aromatic N) is 1. The van der Waals surface area contributed by atoms with Gasteiger partial charge >= 0.3 is 0 Å². The van der Waals surface area contributed by atoms with Crippen molar-refractivity contribution in [3.63, 3.8) is 0 Å². The zero-order chi connectivity index (χ0) is 11.5. The molecule has 0 aromatic carbocycles. The van der Waals surface area contributed by atoms with E-state index in [0.717, 1.165) is 17.8 Å². The van der Waals surface area contributed by atoms with Gasteiger partial charge in [-0.1, -0.05) is 11.3 Å². The molecule has 0 aliphatic carbocycles. The highest BCUT2D eigenvalue weighted by Gasteiger charge is 2.17. The number of anilines is 1. The maximum Gasteiger partial charge on any atom is 0.249 e. The minimum absolute atomic E-state index is 0.109. The first kappa shape index (κ1) is 12.4. The zero-order valence-corrected chi connectivity index (χ0v) is 9.99. The summed E-state index contributed by atoms with van der Waals surface area (Å²) in [6.07, 6.45) is 0.809. The van der Waals surface area contributed by atoms with E-state index in [2.05, 4.69) is 10.3 Å². The zero-order valence-electron chi connectivity index (χ0n) is 8.36. The fourth-order valence-corrected chi connectivity index (χ4v) is 2.90. The second kappa shape index (κ2) is 4.88. The molecule has 0 fully saturated rings. The normalized spacial score (nSPS) is 11.7. The number of sulfonamides is 1. The number of aryl methyl sites for hydroxylation is 1. The Labute approximate surface area is 92.7 Å². The highest BCUT2D eigenvalue weighted by atomic mass is 32.2. The van der Waals surface area contributed by atoms with E-state index in [0.29, 0.717) is 23.9 Å². The van der Waals surface area contributed by atoms with Crippen LogP contribution in [-0.2, 0) is 10.0 Å². The standard InChI is InChI=1S/C7H14N4O2S2/c1-5-6(15(9,12)13)14-7(11-5)10-4-2-3-8/h2-4,8H2,1H3,(H,10,11)(H2,9,12,13). The molecule has 5 N–H and O–H groups in total. The first-order chi connectivity index (χ1) is 6.95. The van der Waals surface area contributed by atoms with Crippen LogP contribution in [0.4, 0.5) is 5.13 Å². The molecule has 0 saturated carbocycles. The van der Waals surface area contributed by atoms with Crippen LogP contribution in [0.1, 0.15) is 12.1 Å². The molecule has 0 aliphatic heterocycles. The Bertz CT molecular complexity index is 426. The lowest BCUT2D eigenvalue weighted by Crippen LogP contribution is -2.11. The van der Waals surface area contributed by atoms with Crippen LogP contribution in [0.15, 0.2) is 4.21 Å². The number of hydrogen-bond acceptors (Lipinski definition) is 6. The molecule has 1 aromatic rings. The number of nitrogens with one attached hydrogen (secondary N) is 1. The van der Waals surface area contributed by atoms with Gasteiger partial charge in [-0.2, -0.15) is 0 Å². The Balaban J connectivity index is 2.78. The van der Waals surface area contributed by atoms with Gasteiger partial charge in [-0.15, -0.1) is 0 Å². The quantitative estimate of drug-likeness (QED) is 0.630. The van der Waals surface area contributed by atoms with E-state index in [1.54, 1.807) is 6.92 Å². The summed E-state index contributed by atoms with van der Waals surface area (Å²) in [7, 11) is -3.65.